The van der Waals surface area contributed by atoms with Crippen molar-refractivity contribution in [3.05, 3.63) is 58.6 Å². The van der Waals surface area contributed by atoms with Crippen LogP contribution in [0.3, 0.4) is 0 Å². The Bertz CT molecular complexity index is 555. The molecule has 4 heteroatoms. The van der Waals surface area contributed by atoms with Gasteiger partial charge in [0.05, 0.1) is 17.5 Å². The summed E-state index contributed by atoms with van der Waals surface area (Å²) in [6, 6.07) is 13.8. The zero-order valence-corrected chi connectivity index (χ0v) is 13.0. The molecule has 0 saturated carbocycles. The fourth-order valence-corrected chi connectivity index (χ4v) is 2.76. The lowest BCUT2D eigenvalue weighted by Crippen LogP contribution is -1.94. The zero-order valence-electron chi connectivity index (χ0n) is 10.7. The zero-order chi connectivity index (χ0) is 13.8. The fraction of sp³-hybridized carbons (Fsp3) is 0.200. The second kappa shape index (κ2) is 6.56. The predicted molar refractivity (Wildman–Crippen MR) is 83.9 cm³/mol. The summed E-state index contributed by atoms with van der Waals surface area (Å²) < 4.78 is 5.14. The first-order chi connectivity index (χ1) is 9.15. The number of rotatable bonds is 4. The summed E-state index contributed by atoms with van der Waals surface area (Å²) in [6.07, 6.45) is 2.05. The van der Waals surface area contributed by atoms with Crippen LogP contribution < -0.4 is 4.74 Å². The van der Waals surface area contributed by atoms with E-state index in [0.717, 1.165) is 11.1 Å². The SMILES string of the molecule is COc1ccc(C(Cl)c2ccc(SC)cc2)cc1Cl. The highest BCUT2D eigenvalue weighted by Crippen LogP contribution is 2.34. The van der Waals surface area contributed by atoms with Gasteiger partial charge in [-0.15, -0.1) is 23.4 Å². The van der Waals surface area contributed by atoms with Crippen LogP contribution in [0.5, 0.6) is 5.75 Å². The molecule has 0 heterocycles. The summed E-state index contributed by atoms with van der Waals surface area (Å²) in [7, 11) is 1.60. The van der Waals surface area contributed by atoms with Crippen LogP contribution in [0.2, 0.25) is 5.02 Å². The van der Waals surface area contributed by atoms with Gasteiger partial charge in [0.2, 0.25) is 0 Å². The minimum atomic E-state index is -0.209. The topological polar surface area (TPSA) is 9.23 Å². The molecule has 0 aromatic heterocycles. The number of thioether (sulfide) groups is 1. The molecule has 19 heavy (non-hydrogen) atoms. The normalized spacial score (nSPS) is 12.2. The summed E-state index contributed by atoms with van der Waals surface area (Å²) >= 11 is 14.3. The van der Waals surface area contributed by atoms with Crippen LogP contribution in [-0.2, 0) is 0 Å². The Morgan fingerprint density at radius 2 is 1.68 bits per heavy atom. The van der Waals surface area contributed by atoms with E-state index in [0.29, 0.717) is 10.8 Å². The lowest BCUT2D eigenvalue weighted by molar-refractivity contribution is 0.415. The van der Waals surface area contributed by atoms with Crippen LogP contribution in [0.4, 0.5) is 0 Å². The molecule has 0 aliphatic rings. The van der Waals surface area contributed by atoms with Crippen LogP contribution in [0, 0.1) is 0 Å². The number of hydrogen-bond donors (Lipinski definition) is 0. The van der Waals surface area contributed by atoms with E-state index >= 15 is 0 Å². The second-order valence-electron chi connectivity index (χ2n) is 4.03. The quantitative estimate of drug-likeness (QED) is 0.552. The fourth-order valence-electron chi connectivity index (χ4n) is 1.81. The highest BCUT2D eigenvalue weighted by Gasteiger charge is 2.12. The smallest absolute Gasteiger partial charge is 0.137 e. The van der Waals surface area contributed by atoms with Crippen molar-refractivity contribution < 1.29 is 4.74 Å². The third kappa shape index (κ3) is 3.38. The molecule has 0 bridgehead atoms. The Balaban J connectivity index is 2.27. The summed E-state index contributed by atoms with van der Waals surface area (Å²) in [5, 5.41) is 0.366. The minimum Gasteiger partial charge on any atom is -0.495 e. The molecule has 0 aliphatic heterocycles. The Hall–Kier alpha value is -0.830. The van der Waals surface area contributed by atoms with E-state index in [1.165, 1.54) is 4.90 Å². The van der Waals surface area contributed by atoms with Crippen molar-refractivity contribution in [2.45, 2.75) is 10.3 Å². The van der Waals surface area contributed by atoms with Crippen molar-refractivity contribution in [1.82, 2.24) is 0 Å². The summed E-state index contributed by atoms with van der Waals surface area (Å²) in [5.74, 6) is 0.659. The Morgan fingerprint density at radius 3 is 2.21 bits per heavy atom. The van der Waals surface area contributed by atoms with Gasteiger partial charge in [-0.3, -0.25) is 0 Å². The Morgan fingerprint density at radius 1 is 1.05 bits per heavy atom. The number of hydrogen-bond acceptors (Lipinski definition) is 2. The lowest BCUT2D eigenvalue weighted by Gasteiger charge is -2.12. The van der Waals surface area contributed by atoms with Gasteiger partial charge in [0.1, 0.15) is 5.75 Å². The number of benzene rings is 2. The van der Waals surface area contributed by atoms with Crippen LogP contribution in [-0.4, -0.2) is 13.4 Å². The molecule has 1 atom stereocenters. The first-order valence-corrected chi connectivity index (χ1v) is 7.81. The van der Waals surface area contributed by atoms with Gasteiger partial charge in [-0.1, -0.05) is 29.8 Å². The highest BCUT2D eigenvalue weighted by atomic mass is 35.5. The van der Waals surface area contributed by atoms with Gasteiger partial charge in [0.15, 0.2) is 0 Å². The molecule has 0 aliphatic carbocycles. The monoisotopic (exact) mass is 312 g/mol. The first-order valence-electron chi connectivity index (χ1n) is 5.77. The third-order valence-electron chi connectivity index (χ3n) is 2.88. The van der Waals surface area contributed by atoms with Crippen molar-refractivity contribution in [3.8, 4) is 5.75 Å². The standard InChI is InChI=1S/C15H14Cl2OS/c1-18-14-8-5-11(9-13(14)16)15(17)10-3-6-12(19-2)7-4-10/h3-9,15H,1-2H3. The van der Waals surface area contributed by atoms with Gasteiger partial charge in [0.25, 0.3) is 0 Å². The highest BCUT2D eigenvalue weighted by molar-refractivity contribution is 7.98. The van der Waals surface area contributed by atoms with Crippen molar-refractivity contribution in [3.63, 3.8) is 0 Å². The molecular formula is C15H14Cl2OS. The van der Waals surface area contributed by atoms with Gasteiger partial charge in [-0.25, -0.2) is 0 Å². The molecule has 2 rings (SSSR count). The summed E-state index contributed by atoms with van der Waals surface area (Å²) in [6.45, 7) is 0. The Kier molecular flexibility index (Phi) is 5.03. The maximum absolute atomic E-state index is 6.49. The van der Waals surface area contributed by atoms with E-state index in [1.807, 2.05) is 30.3 Å². The molecule has 0 amide bonds. The van der Waals surface area contributed by atoms with E-state index < -0.39 is 0 Å². The number of halogens is 2. The lowest BCUT2D eigenvalue weighted by atomic mass is 10.0. The molecule has 0 saturated heterocycles. The summed E-state index contributed by atoms with van der Waals surface area (Å²) in [4.78, 5) is 1.22. The maximum Gasteiger partial charge on any atom is 0.137 e. The predicted octanol–water partition coefficient (Wildman–Crippen LogP) is 5.40. The van der Waals surface area contributed by atoms with Gasteiger partial charge < -0.3 is 4.74 Å². The van der Waals surface area contributed by atoms with Gasteiger partial charge in [-0.05, 0) is 41.6 Å². The van der Waals surface area contributed by atoms with E-state index in [-0.39, 0.29) is 5.38 Å². The first kappa shape index (κ1) is 14.6. The molecular weight excluding hydrogens is 299 g/mol. The molecule has 0 fully saturated rings. The molecule has 0 spiro atoms. The van der Waals surface area contributed by atoms with Gasteiger partial charge >= 0.3 is 0 Å². The van der Waals surface area contributed by atoms with E-state index in [1.54, 1.807) is 18.9 Å². The van der Waals surface area contributed by atoms with Crippen molar-refractivity contribution >= 4 is 35.0 Å². The van der Waals surface area contributed by atoms with Crippen LogP contribution >= 0.6 is 35.0 Å². The molecule has 100 valence electrons. The second-order valence-corrected chi connectivity index (χ2v) is 5.75. The Labute approximate surface area is 127 Å². The largest absolute Gasteiger partial charge is 0.495 e. The van der Waals surface area contributed by atoms with Crippen LogP contribution in [0.15, 0.2) is 47.4 Å². The molecule has 1 nitrogen and oxygen atoms in total. The summed E-state index contributed by atoms with van der Waals surface area (Å²) in [5.41, 5.74) is 2.02. The average molecular weight is 313 g/mol. The minimum absolute atomic E-state index is 0.209. The van der Waals surface area contributed by atoms with Crippen LogP contribution in [0.1, 0.15) is 16.5 Å². The van der Waals surface area contributed by atoms with Crippen LogP contribution in [0.25, 0.3) is 0 Å². The van der Waals surface area contributed by atoms with Crippen molar-refractivity contribution in [1.29, 1.82) is 0 Å². The molecule has 2 aromatic carbocycles. The number of ether oxygens (including phenoxy) is 1. The van der Waals surface area contributed by atoms with E-state index in [4.69, 9.17) is 27.9 Å². The third-order valence-corrected chi connectivity index (χ3v) is 4.42. The maximum atomic E-state index is 6.49. The molecule has 2 aromatic rings. The average Bonchev–Trinajstić information content (AvgIpc) is 2.46. The van der Waals surface area contributed by atoms with Gasteiger partial charge in [0, 0.05) is 4.90 Å². The number of methoxy groups -OCH3 is 1. The van der Waals surface area contributed by atoms with Crippen molar-refractivity contribution in [2.75, 3.05) is 13.4 Å². The molecule has 1 unspecified atom stereocenters. The van der Waals surface area contributed by atoms with Gasteiger partial charge in [-0.2, -0.15) is 0 Å². The molecule has 0 N–H and O–H groups in total. The van der Waals surface area contributed by atoms with Crippen molar-refractivity contribution in [2.24, 2.45) is 0 Å². The van der Waals surface area contributed by atoms with E-state index in [2.05, 4.69) is 18.4 Å². The molecule has 0 radical (unpaired) electrons. The number of alkyl halides is 1. The van der Waals surface area contributed by atoms with E-state index in [9.17, 15) is 0 Å².